The van der Waals surface area contributed by atoms with Crippen molar-refractivity contribution in [3.63, 3.8) is 0 Å². The summed E-state index contributed by atoms with van der Waals surface area (Å²) in [6.07, 6.45) is 6.36. The van der Waals surface area contributed by atoms with Crippen LogP contribution in [0.15, 0.2) is 28.7 Å². The normalized spacial score (nSPS) is 33.2. The van der Waals surface area contributed by atoms with Crippen LogP contribution >= 0.6 is 15.9 Å². The van der Waals surface area contributed by atoms with E-state index >= 15 is 0 Å². The maximum atomic E-state index is 13.5. The highest BCUT2D eigenvalue weighted by molar-refractivity contribution is 9.10. The number of halogens is 1. The van der Waals surface area contributed by atoms with Crippen molar-refractivity contribution in [2.24, 2.45) is 11.3 Å². The Labute approximate surface area is 205 Å². The fourth-order valence-corrected chi connectivity index (χ4v) is 6.27. The van der Waals surface area contributed by atoms with Crippen LogP contribution in [-0.2, 0) is 9.53 Å². The van der Waals surface area contributed by atoms with Crippen LogP contribution in [0.5, 0.6) is 0 Å². The average Bonchev–Trinajstić information content (AvgIpc) is 2.69. The number of hydrogen-bond donors (Lipinski definition) is 2. The second-order valence-corrected chi connectivity index (χ2v) is 12.8. The van der Waals surface area contributed by atoms with Crippen molar-refractivity contribution in [2.75, 3.05) is 11.4 Å². The summed E-state index contributed by atoms with van der Waals surface area (Å²) < 4.78 is 6.46. The second kappa shape index (κ2) is 8.56. The number of rotatable bonds is 5. The SMILES string of the molecule is CC1(O)CC(C(=O)N(CC23CCC(NC(=O)OC(C)(C)C)(CC2)CC3)c2cccc(Br)c2)C1. The predicted molar refractivity (Wildman–Crippen MR) is 132 cm³/mol. The zero-order valence-electron chi connectivity index (χ0n) is 20.2. The monoisotopic (exact) mass is 520 g/mol. The molecule has 0 heterocycles. The Morgan fingerprint density at radius 2 is 1.76 bits per heavy atom. The van der Waals surface area contributed by atoms with Crippen LogP contribution in [0.3, 0.4) is 0 Å². The summed E-state index contributed by atoms with van der Waals surface area (Å²) in [6, 6.07) is 7.93. The first-order valence-corrected chi connectivity index (χ1v) is 12.9. The number of nitrogens with zero attached hydrogens (tertiary/aromatic N) is 1. The Morgan fingerprint density at radius 3 is 2.27 bits per heavy atom. The number of hydrogen-bond acceptors (Lipinski definition) is 4. The van der Waals surface area contributed by atoms with Gasteiger partial charge in [-0.25, -0.2) is 4.79 Å². The van der Waals surface area contributed by atoms with Crippen molar-refractivity contribution in [3.8, 4) is 0 Å². The summed E-state index contributed by atoms with van der Waals surface area (Å²) in [4.78, 5) is 27.9. The van der Waals surface area contributed by atoms with E-state index in [9.17, 15) is 14.7 Å². The zero-order valence-corrected chi connectivity index (χ0v) is 21.8. The third-order valence-electron chi connectivity index (χ3n) is 7.77. The molecule has 182 valence electrons. The standard InChI is InChI=1S/C26H37BrN2O4/c1-23(2,3)33-22(31)28-26-11-8-25(9-12-26,10-13-26)17-29(20-7-5-6-19(27)14-20)21(30)18-15-24(4,32)16-18/h5-7,14,18,32H,8-13,15-17H2,1-4H3,(H,28,31). The van der Waals surface area contributed by atoms with Gasteiger partial charge in [-0.05, 0) is 103 Å². The van der Waals surface area contributed by atoms with Gasteiger partial charge in [-0.3, -0.25) is 4.79 Å². The minimum absolute atomic E-state index is 0.0571. The molecule has 5 rings (SSSR count). The fourth-order valence-electron chi connectivity index (χ4n) is 5.88. The summed E-state index contributed by atoms with van der Waals surface area (Å²) in [5.74, 6) is -0.0150. The molecule has 0 spiro atoms. The molecule has 1 aromatic rings. The third kappa shape index (κ3) is 5.56. The van der Waals surface area contributed by atoms with Gasteiger partial charge < -0.3 is 20.1 Å². The fraction of sp³-hybridized carbons (Fsp3) is 0.692. The van der Waals surface area contributed by atoms with Gasteiger partial charge in [0.05, 0.1) is 5.60 Å². The first-order chi connectivity index (χ1) is 15.3. The maximum Gasteiger partial charge on any atom is 0.408 e. The van der Waals surface area contributed by atoms with Crippen molar-refractivity contribution in [3.05, 3.63) is 28.7 Å². The van der Waals surface area contributed by atoms with Gasteiger partial charge in [0.1, 0.15) is 5.60 Å². The summed E-state index contributed by atoms with van der Waals surface area (Å²) >= 11 is 3.55. The van der Waals surface area contributed by atoms with Crippen LogP contribution in [0, 0.1) is 11.3 Å². The highest BCUT2D eigenvalue weighted by atomic mass is 79.9. The molecule has 4 aliphatic carbocycles. The number of ether oxygens (including phenoxy) is 1. The van der Waals surface area contributed by atoms with Gasteiger partial charge in [-0.1, -0.05) is 22.0 Å². The average molecular weight is 521 g/mol. The lowest BCUT2D eigenvalue weighted by molar-refractivity contribution is -0.137. The molecular formula is C26H37BrN2O4. The summed E-state index contributed by atoms with van der Waals surface area (Å²) in [7, 11) is 0. The van der Waals surface area contributed by atoms with Gasteiger partial charge in [0.2, 0.25) is 5.91 Å². The van der Waals surface area contributed by atoms with E-state index in [-0.39, 0.29) is 28.9 Å². The Balaban J connectivity index is 1.47. The van der Waals surface area contributed by atoms with Crippen LogP contribution in [0.25, 0.3) is 0 Å². The molecule has 6 nitrogen and oxygen atoms in total. The third-order valence-corrected chi connectivity index (χ3v) is 8.26. The van der Waals surface area contributed by atoms with E-state index < -0.39 is 11.2 Å². The van der Waals surface area contributed by atoms with Crippen molar-refractivity contribution >= 4 is 33.6 Å². The van der Waals surface area contributed by atoms with Crippen LogP contribution in [-0.4, -0.2) is 40.4 Å². The Hall–Kier alpha value is -1.60. The molecule has 4 saturated carbocycles. The summed E-state index contributed by atoms with van der Waals surface area (Å²) in [6.45, 7) is 8.13. The molecule has 0 atom stereocenters. The van der Waals surface area contributed by atoms with Crippen molar-refractivity contribution < 1.29 is 19.4 Å². The first kappa shape index (κ1) is 24.5. The van der Waals surface area contributed by atoms with Crippen LogP contribution in [0.2, 0.25) is 0 Å². The number of fused-ring (bicyclic) bond motifs is 3. The molecule has 0 aromatic heterocycles. The molecule has 0 unspecified atom stereocenters. The highest BCUT2D eigenvalue weighted by Gasteiger charge is 2.52. The number of carbonyl (C=O) groups is 2. The van der Waals surface area contributed by atoms with E-state index in [0.717, 1.165) is 48.7 Å². The molecule has 0 saturated heterocycles. The van der Waals surface area contributed by atoms with E-state index in [2.05, 4.69) is 21.2 Å². The van der Waals surface area contributed by atoms with Crippen LogP contribution in [0.1, 0.15) is 79.1 Å². The molecule has 4 aliphatic rings. The van der Waals surface area contributed by atoms with Gasteiger partial charge >= 0.3 is 6.09 Å². The van der Waals surface area contributed by atoms with E-state index in [0.29, 0.717) is 19.4 Å². The Morgan fingerprint density at radius 1 is 1.15 bits per heavy atom. The van der Waals surface area contributed by atoms with Gasteiger partial charge in [0, 0.05) is 28.2 Å². The molecule has 0 radical (unpaired) electrons. The number of nitrogens with one attached hydrogen (secondary N) is 1. The first-order valence-electron chi connectivity index (χ1n) is 12.1. The number of benzene rings is 1. The number of alkyl carbamates (subject to hydrolysis) is 1. The van der Waals surface area contributed by atoms with Gasteiger partial charge in [-0.15, -0.1) is 0 Å². The van der Waals surface area contributed by atoms with Crippen LogP contribution in [0.4, 0.5) is 10.5 Å². The van der Waals surface area contributed by atoms with Gasteiger partial charge in [0.25, 0.3) is 0 Å². The molecule has 2 bridgehead atoms. The largest absolute Gasteiger partial charge is 0.444 e. The molecule has 33 heavy (non-hydrogen) atoms. The van der Waals surface area contributed by atoms with Gasteiger partial charge in [-0.2, -0.15) is 0 Å². The smallest absolute Gasteiger partial charge is 0.408 e. The van der Waals surface area contributed by atoms with E-state index in [1.54, 1.807) is 6.92 Å². The molecule has 2 N–H and O–H groups in total. The van der Waals surface area contributed by atoms with Gasteiger partial charge in [0.15, 0.2) is 0 Å². The van der Waals surface area contributed by atoms with Crippen LogP contribution < -0.4 is 10.2 Å². The molecular weight excluding hydrogens is 484 g/mol. The molecule has 1 aromatic carbocycles. The summed E-state index contributed by atoms with van der Waals surface area (Å²) in [5.41, 5.74) is -0.470. The zero-order chi connectivity index (χ0) is 24.1. The van der Waals surface area contributed by atoms with E-state index in [1.165, 1.54) is 0 Å². The second-order valence-electron chi connectivity index (χ2n) is 11.9. The lowest BCUT2D eigenvalue weighted by Crippen LogP contribution is -2.60. The predicted octanol–water partition coefficient (Wildman–Crippen LogP) is 5.56. The number of amides is 2. The van der Waals surface area contributed by atoms with Crippen molar-refractivity contribution in [1.82, 2.24) is 5.32 Å². The van der Waals surface area contributed by atoms with Crippen molar-refractivity contribution in [2.45, 2.75) is 95.8 Å². The minimum atomic E-state index is -0.732. The molecule has 2 amide bonds. The highest BCUT2D eigenvalue weighted by Crippen LogP contribution is 2.53. The minimum Gasteiger partial charge on any atom is -0.444 e. The molecule has 4 fully saturated rings. The molecule has 0 aliphatic heterocycles. The quantitative estimate of drug-likeness (QED) is 0.532. The van der Waals surface area contributed by atoms with E-state index in [4.69, 9.17) is 4.74 Å². The lowest BCUT2D eigenvalue weighted by atomic mass is 9.57. The molecule has 7 heteroatoms. The lowest BCUT2D eigenvalue weighted by Gasteiger charge is -2.55. The van der Waals surface area contributed by atoms with E-state index in [1.807, 2.05) is 49.9 Å². The maximum absolute atomic E-state index is 13.5. The Bertz CT molecular complexity index is 891. The Kier molecular flexibility index (Phi) is 6.36. The topological polar surface area (TPSA) is 78.9 Å². The number of aliphatic hydroxyl groups is 1. The van der Waals surface area contributed by atoms with Crippen molar-refractivity contribution in [1.29, 1.82) is 0 Å². The number of anilines is 1. The number of carbonyl (C=O) groups excluding carboxylic acids is 2. The summed E-state index contributed by atoms with van der Waals surface area (Å²) in [5, 5.41) is 13.4.